The van der Waals surface area contributed by atoms with Crippen LogP contribution < -0.4 is 5.32 Å². The highest BCUT2D eigenvalue weighted by molar-refractivity contribution is 5.63. The molecule has 0 bridgehead atoms. The highest BCUT2D eigenvalue weighted by atomic mass is 19.1. The lowest BCUT2D eigenvalue weighted by Crippen LogP contribution is -2.03. The number of hydrogen-bond donors (Lipinski definition) is 2. The SMILES string of the molecule is Cc1ccc(CNc2ccc(O)cc2[N+](=O)[O-])cc1F. The molecule has 0 saturated carbocycles. The molecule has 0 atom stereocenters. The second-order valence-electron chi connectivity index (χ2n) is 4.40. The molecule has 0 saturated heterocycles. The fraction of sp³-hybridized carbons (Fsp3) is 0.143. The molecule has 0 spiro atoms. The number of benzene rings is 2. The van der Waals surface area contributed by atoms with E-state index in [1.807, 2.05) is 0 Å². The minimum absolute atomic E-state index is 0.177. The van der Waals surface area contributed by atoms with Crippen molar-refractivity contribution >= 4 is 11.4 Å². The summed E-state index contributed by atoms with van der Waals surface area (Å²) in [6.45, 7) is 1.92. The number of rotatable bonds is 4. The predicted molar refractivity (Wildman–Crippen MR) is 73.2 cm³/mol. The monoisotopic (exact) mass is 276 g/mol. The number of halogens is 1. The maximum Gasteiger partial charge on any atom is 0.296 e. The van der Waals surface area contributed by atoms with Crippen molar-refractivity contribution in [3.8, 4) is 5.75 Å². The third kappa shape index (κ3) is 3.03. The zero-order valence-corrected chi connectivity index (χ0v) is 10.8. The van der Waals surface area contributed by atoms with E-state index in [1.165, 1.54) is 18.2 Å². The van der Waals surface area contributed by atoms with E-state index in [-0.39, 0.29) is 29.5 Å². The number of nitro benzene ring substituents is 1. The van der Waals surface area contributed by atoms with Crippen LogP contribution in [0.2, 0.25) is 0 Å². The predicted octanol–water partition coefficient (Wildman–Crippen LogP) is 3.36. The number of nitrogens with zero attached hydrogens (tertiary/aromatic N) is 1. The number of nitro groups is 1. The van der Waals surface area contributed by atoms with Gasteiger partial charge in [0.25, 0.3) is 5.69 Å². The molecule has 20 heavy (non-hydrogen) atoms. The molecular formula is C14H13FN2O3. The second kappa shape index (κ2) is 5.56. The first-order valence-corrected chi connectivity index (χ1v) is 5.93. The summed E-state index contributed by atoms with van der Waals surface area (Å²) in [6, 6.07) is 8.62. The number of aryl methyl sites for hydroxylation is 1. The Bertz CT molecular complexity index is 659. The standard InChI is InChI=1S/C14H13FN2O3/c1-9-2-3-10(6-12(9)15)8-16-13-5-4-11(18)7-14(13)17(19)20/h2-7,16,18H,8H2,1H3. The van der Waals surface area contributed by atoms with E-state index in [9.17, 15) is 19.6 Å². The van der Waals surface area contributed by atoms with E-state index in [0.717, 1.165) is 6.07 Å². The summed E-state index contributed by atoms with van der Waals surface area (Å²) in [5.74, 6) is -0.492. The highest BCUT2D eigenvalue weighted by Crippen LogP contribution is 2.28. The summed E-state index contributed by atoms with van der Waals surface area (Å²) in [6.07, 6.45) is 0. The summed E-state index contributed by atoms with van der Waals surface area (Å²) in [5, 5.41) is 23.0. The van der Waals surface area contributed by atoms with Crippen LogP contribution in [-0.2, 0) is 6.54 Å². The Balaban J connectivity index is 2.18. The minimum atomic E-state index is -0.586. The minimum Gasteiger partial charge on any atom is -0.508 e. The molecule has 0 aliphatic carbocycles. The Morgan fingerprint density at radius 3 is 2.70 bits per heavy atom. The van der Waals surface area contributed by atoms with Crippen molar-refractivity contribution in [2.24, 2.45) is 0 Å². The Morgan fingerprint density at radius 2 is 2.05 bits per heavy atom. The fourth-order valence-electron chi connectivity index (χ4n) is 1.76. The van der Waals surface area contributed by atoms with Crippen molar-refractivity contribution in [3.63, 3.8) is 0 Å². The van der Waals surface area contributed by atoms with Crippen LogP contribution in [0.4, 0.5) is 15.8 Å². The lowest BCUT2D eigenvalue weighted by molar-refractivity contribution is -0.384. The maximum atomic E-state index is 13.4. The van der Waals surface area contributed by atoms with Crippen LogP contribution in [0.3, 0.4) is 0 Å². The largest absolute Gasteiger partial charge is 0.508 e. The lowest BCUT2D eigenvalue weighted by Gasteiger charge is -2.08. The van der Waals surface area contributed by atoms with E-state index < -0.39 is 4.92 Å². The Morgan fingerprint density at radius 1 is 1.30 bits per heavy atom. The molecule has 0 fully saturated rings. The molecule has 0 heterocycles. The Kier molecular flexibility index (Phi) is 3.84. The Labute approximate surface area is 114 Å². The fourth-order valence-corrected chi connectivity index (χ4v) is 1.76. The van der Waals surface area contributed by atoms with Gasteiger partial charge in [0.2, 0.25) is 0 Å². The highest BCUT2D eigenvalue weighted by Gasteiger charge is 2.14. The first-order valence-electron chi connectivity index (χ1n) is 5.93. The van der Waals surface area contributed by atoms with Gasteiger partial charge < -0.3 is 10.4 Å². The summed E-state index contributed by atoms with van der Waals surface area (Å²) >= 11 is 0. The van der Waals surface area contributed by atoms with Gasteiger partial charge in [-0.05, 0) is 36.2 Å². The molecule has 0 aliphatic rings. The molecule has 104 valence electrons. The van der Waals surface area contributed by atoms with Crippen molar-refractivity contribution in [3.05, 3.63) is 63.5 Å². The van der Waals surface area contributed by atoms with Crippen LogP contribution in [0.1, 0.15) is 11.1 Å². The van der Waals surface area contributed by atoms with Gasteiger partial charge in [-0.1, -0.05) is 12.1 Å². The normalized spacial score (nSPS) is 10.3. The maximum absolute atomic E-state index is 13.4. The number of nitrogens with one attached hydrogen (secondary N) is 1. The smallest absolute Gasteiger partial charge is 0.296 e. The summed E-state index contributed by atoms with van der Waals surface area (Å²) in [4.78, 5) is 10.3. The van der Waals surface area contributed by atoms with Crippen LogP contribution in [0, 0.1) is 22.9 Å². The molecule has 2 N–H and O–H groups in total. The molecule has 2 aromatic rings. The molecule has 0 radical (unpaired) electrons. The van der Waals surface area contributed by atoms with E-state index in [0.29, 0.717) is 11.1 Å². The van der Waals surface area contributed by atoms with Crippen molar-refractivity contribution in [2.45, 2.75) is 13.5 Å². The molecule has 5 nitrogen and oxygen atoms in total. The Hall–Kier alpha value is -2.63. The van der Waals surface area contributed by atoms with Gasteiger partial charge in [-0.25, -0.2) is 4.39 Å². The van der Waals surface area contributed by atoms with Crippen molar-refractivity contribution < 1.29 is 14.4 Å². The van der Waals surface area contributed by atoms with Crippen LogP contribution in [0.15, 0.2) is 36.4 Å². The number of hydrogen-bond acceptors (Lipinski definition) is 4. The first-order chi connectivity index (χ1) is 9.47. The van der Waals surface area contributed by atoms with Gasteiger partial charge in [-0.3, -0.25) is 10.1 Å². The zero-order valence-electron chi connectivity index (χ0n) is 10.8. The van der Waals surface area contributed by atoms with Crippen molar-refractivity contribution in [1.29, 1.82) is 0 Å². The number of aromatic hydroxyl groups is 1. The summed E-state index contributed by atoms with van der Waals surface area (Å²) in [7, 11) is 0. The summed E-state index contributed by atoms with van der Waals surface area (Å²) in [5.41, 5.74) is 1.27. The van der Waals surface area contributed by atoms with Gasteiger partial charge >= 0.3 is 0 Å². The van der Waals surface area contributed by atoms with Crippen molar-refractivity contribution in [1.82, 2.24) is 0 Å². The zero-order chi connectivity index (χ0) is 14.7. The second-order valence-corrected chi connectivity index (χ2v) is 4.40. The quantitative estimate of drug-likeness (QED) is 0.510. The van der Waals surface area contributed by atoms with Crippen LogP contribution in [-0.4, -0.2) is 10.0 Å². The molecule has 2 aromatic carbocycles. The van der Waals surface area contributed by atoms with Gasteiger partial charge in [0.05, 0.1) is 11.0 Å². The number of phenols is 1. The topological polar surface area (TPSA) is 75.4 Å². The molecule has 0 aliphatic heterocycles. The average Bonchev–Trinajstić information content (AvgIpc) is 2.41. The lowest BCUT2D eigenvalue weighted by atomic mass is 10.1. The number of anilines is 1. The van der Waals surface area contributed by atoms with E-state index in [2.05, 4.69) is 5.32 Å². The van der Waals surface area contributed by atoms with Crippen LogP contribution in [0.5, 0.6) is 5.75 Å². The van der Waals surface area contributed by atoms with Crippen LogP contribution in [0.25, 0.3) is 0 Å². The van der Waals surface area contributed by atoms with Gasteiger partial charge in [0.15, 0.2) is 0 Å². The van der Waals surface area contributed by atoms with Gasteiger partial charge in [0, 0.05) is 6.54 Å². The van der Waals surface area contributed by atoms with Gasteiger partial charge in [-0.15, -0.1) is 0 Å². The van der Waals surface area contributed by atoms with Crippen LogP contribution >= 0.6 is 0 Å². The van der Waals surface area contributed by atoms with Crippen molar-refractivity contribution in [2.75, 3.05) is 5.32 Å². The van der Waals surface area contributed by atoms with Gasteiger partial charge in [0.1, 0.15) is 17.3 Å². The average molecular weight is 276 g/mol. The van der Waals surface area contributed by atoms with Gasteiger partial charge in [-0.2, -0.15) is 0 Å². The molecule has 0 aromatic heterocycles. The third-order valence-electron chi connectivity index (χ3n) is 2.90. The molecule has 0 unspecified atom stereocenters. The molecule has 2 rings (SSSR count). The number of phenolic OH excluding ortho intramolecular Hbond substituents is 1. The third-order valence-corrected chi connectivity index (χ3v) is 2.90. The van der Waals surface area contributed by atoms with E-state index in [4.69, 9.17) is 0 Å². The molecule has 6 heteroatoms. The molecular weight excluding hydrogens is 263 g/mol. The van der Waals surface area contributed by atoms with E-state index >= 15 is 0 Å². The van der Waals surface area contributed by atoms with E-state index in [1.54, 1.807) is 19.1 Å². The first kappa shape index (κ1) is 13.8. The summed E-state index contributed by atoms with van der Waals surface area (Å²) < 4.78 is 13.4. The molecule has 0 amide bonds.